The molecule has 0 atom stereocenters. The van der Waals surface area contributed by atoms with Gasteiger partial charge >= 0.3 is 6.03 Å². The van der Waals surface area contributed by atoms with Gasteiger partial charge in [0.1, 0.15) is 0 Å². The number of thiophene rings is 1. The number of nitrogens with two attached hydrogens (primary N) is 1. The lowest BCUT2D eigenvalue weighted by Gasteiger charge is -2.05. The summed E-state index contributed by atoms with van der Waals surface area (Å²) in [6.07, 6.45) is 3.11. The van der Waals surface area contributed by atoms with Crippen LogP contribution in [0.1, 0.15) is 4.88 Å². The van der Waals surface area contributed by atoms with E-state index in [1.165, 1.54) is 17.4 Å². The van der Waals surface area contributed by atoms with Crippen LogP contribution in [0.25, 0.3) is 16.2 Å². The maximum Gasteiger partial charge on any atom is 0.316 e. The summed E-state index contributed by atoms with van der Waals surface area (Å²) >= 11 is 7.87. The summed E-state index contributed by atoms with van der Waals surface area (Å²) in [5.74, 6) is -0.301. The number of halogens is 1. The number of carbonyl (C=O) groups is 2. The molecule has 0 saturated carbocycles. The second-order valence-corrected chi connectivity index (χ2v) is 6.63. The van der Waals surface area contributed by atoms with Crippen LogP contribution in [0, 0.1) is 0 Å². The maximum absolute atomic E-state index is 12.1. The second-order valence-electron chi connectivity index (χ2n) is 5.17. The van der Waals surface area contributed by atoms with Crippen molar-refractivity contribution in [3.63, 3.8) is 0 Å². The minimum Gasteiger partial charge on any atom is -0.351 e. The molecule has 0 spiro atoms. The van der Waals surface area contributed by atoms with Gasteiger partial charge in [0.2, 0.25) is 5.91 Å². The van der Waals surface area contributed by atoms with Crippen LogP contribution >= 0.6 is 22.9 Å². The van der Waals surface area contributed by atoms with Crippen LogP contribution in [-0.4, -0.2) is 11.9 Å². The Bertz CT molecular complexity index is 981. The quantitative estimate of drug-likeness (QED) is 0.581. The number of anilines is 2. The minimum absolute atomic E-state index is 0.301. The van der Waals surface area contributed by atoms with E-state index in [1.807, 2.05) is 24.3 Å². The average Bonchev–Trinajstić information content (AvgIpc) is 2.89. The summed E-state index contributed by atoms with van der Waals surface area (Å²) in [4.78, 5) is 23.8. The Morgan fingerprint density at radius 3 is 2.48 bits per heavy atom. The molecule has 25 heavy (non-hydrogen) atoms. The van der Waals surface area contributed by atoms with E-state index in [0.717, 1.165) is 15.0 Å². The summed E-state index contributed by atoms with van der Waals surface area (Å²) in [6, 6.07) is 13.8. The number of urea groups is 1. The molecule has 3 aromatic rings. The highest BCUT2D eigenvalue weighted by Gasteiger charge is 2.08. The molecule has 3 amide bonds. The fourth-order valence-corrected chi connectivity index (χ4v) is 3.69. The van der Waals surface area contributed by atoms with E-state index in [9.17, 15) is 9.59 Å². The maximum atomic E-state index is 12.1. The van der Waals surface area contributed by atoms with Crippen molar-refractivity contribution in [2.75, 3.05) is 10.6 Å². The Morgan fingerprint density at radius 1 is 1.04 bits per heavy atom. The number of hydrogen-bond acceptors (Lipinski definition) is 3. The van der Waals surface area contributed by atoms with Gasteiger partial charge in [-0.05, 0) is 30.3 Å². The first-order valence-corrected chi connectivity index (χ1v) is 8.55. The van der Waals surface area contributed by atoms with Gasteiger partial charge in [0.05, 0.1) is 5.02 Å². The van der Waals surface area contributed by atoms with Crippen LogP contribution in [-0.2, 0) is 4.79 Å². The number of carbonyl (C=O) groups excluding carboxylic acids is 2. The third-order valence-corrected chi connectivity index (χ3v) is 5.00. The molecule has 0 radical (unpaired) electrons. The van der Waals surface area contributed by atoms with E-state index in [2.05, 4.69) is 10.6 Å². The molecule has 0 aliphatic heterocycles. The van der Waals surface area contributed by atoms with Crippen LogP contribution in [0.2, 0.25) is 5.02 Å². The molecule has 0 bridgehead atoms. The van der Waals surface area contributed by atoms with Gasteiger partial charge in [-0.3, -0.25) is 4.79 Å². The number of rotatable bonds is 4. The fraction of sp³-hybridized carbons (Fsp3) is 0. The lowest BCUT2D eigenvalue weighted by molar-refractivity contribution is -0.111. The molecule has 0 unspecified atom stereocenters. The zero-order chi connectivity index (χ0) is 17.8. The monoisotopic (exact) mass is 371 g/mol. The Labute approximate surface area is 153 Å². The van der Waals surface area contributed by atoms with Gasteiger partial charge in [-0.25, -0.2) is 4.79 Å². The molecule has 5 nitrogen and oxygen atoms in total. The third kappa shape index (κ3) is 4.17. The van der Waals surface area contributed by atoms with Gasteiger partial charge in [0.25, 0.3) is 0 Å². The summed E-state index contributed by atoms with van der Waals surface area (Å²) in [5, 5.41) is 6.78. The summed E-state index contributed by atoms with van der Waals surface area (Å²) in [5.41, 5.74) is 6.12. The normalized spacial score (nSPS) is 10.9. The molecule has 2 aromatic carbocycles. The first-order valence-electron chi connectivity index (χ1n) is 7.35. The Balaban J connectivity index is 1.72. The van der Waals surface area contributed by atoms with Gasteiger partial charge in [0.15, 0.2) is 0 Å². The van der Waals surface area contributed by atoms with Crippen molar-refractivity contribution in [1.82, 2.24) is 0 Å². The minimum atomic E-state index is -0.664. The molecule has 0 aliphatic rings. The molecule has 1 heterocycles. The van der Waals surface area contributed by atoms with E-state index in [0.29, 0.717) is 16.4 Å². The average molecular weight is 372 g/mol. The third-order valence-electron chi connectivity index (χ3n) is 3.34. The first kappa shape index (κ1) is 17.0. The lowest BCUT2D eigenvalue weighted by Crippen LogP contribution is -2.19. The van der Waals surface area contributed by atoms with Gasteiger partial charge in [-0.2, -0.15) is 0 Å². The van der Waals surface area contributed by atoms with Crippen molar-refractivity contribution in [1.29, 1.82) is 0 Å². The predicted octanol–water partition coefficient (Wildman–Crippen LogP) is 4.70. The van der Waals surface area contributed by atoms with E-state index in [1.54, 1.807) is 30.3 Å². The molecule has 4 N–H and O–H groups in total. The zero-order valence-electron chi connectivity index (χ0n) is 13.0. The first-order chi connectivity index (χ1) is 12.0. The molecule has 0 saturated heterocycles. The molecule has 7 heteroatoms. The number of hydrogen-bond donors (Lipinski definition) is 3. The lowest BCUT2D eigenvalue weighted by atomic mass is 10.2. The Morgan fingerprint density at radius 2 is 1.76 bits per heavy atom. The Kier molecular flexibility index (Phi) is 5.02. The number of nitrogens with one attached hydrogen (secondary N) is 2. The summed E-state index contributed by atoms with van der Waals surface area (Å²) < 4.78 is 1.07. The van der Waals surface area contributed by atoms with E-state index in [4.69, 9.17) is 17.3 Å². The van der Waals surface area contributed by atoms with Crippen LogP contribution in [0.4, 0.5) is 16.2 Å². The van der Waals surface area contributed by atoms with Crippen LogP contribution in [0.5, 0.6) is 0 Å². The van der Waals surface area contributed by atoms with Crippen molar-refractivity contribution in [2.24, 2.45) is 5.73 Å². The largest absolute Gasteiger partial charge is 0.351 e. The standard InChI is InChI=1S/C18H14ClN3O2S/c19-17-13-6-1-2-7-14(13)25-15(17)8-9-16(23)21-11-4-3-5-12(10-11)22-18(20)24/h1-10H,(H,21,23)(H3,20,22,24)/b9-8+. The summed E-state index contributed by atoms with van der Waals surface area (Å²) in [7, 11) is 0. The SMILES string of the molecule is NC(=O)Nc1cccc(NC(=O)/C=C/c2sc3ccccc3c2Cl)c1. The molecule has 1 aromatic heterocycles. The molecule has 0 fully saturated rings. The van der Waals surface area contributed by atoms with Crippen LogP contribution in [0.15, 0.2) is 54.6 Å². The predicted molar refractivity (Wildman–Crippen MR) is 104 cm³/mol. The van der Waals surface area contributed by atoms with Gasteiger partial charge in [-0.15, -0.1) is 11.3 Å². The summed E-state index contributed by atoms with van der Waals surface area (Å²) in [6.45, 7) is 0. The Hall–Kier alpha value is -2.83. The van der Waals surface area contributed by atoms with Gasteiger partial charge in [-0.1, -0.05) is 35.9 Å². The van der Waals surface area contributed by atoms with E-state index >= 15 is 0 Å². The highest BCUT2D eigenvalue weighted by molar-refractivity contribution is 7.20. The van der Waals surface area contributed by atoms with Gasteiger partial charge < -0.3 is 16.4 Å². The molecular weight excluding hydrogens is 358 g/mol. The smallest absolute Gasteiger partial charge is 0.316 e. The van der Waals surface area contributed by atoms with Crippen molar-refractivity contribution < 1.29 is 9.59 Å². The van der Waals surface area contributed by atoms with E-state index in [-0.39, 0.29) is 5.91 Å². The molecular formula is C18H14ClN3O2S. The van der Waals surface area contributed by atoms with Crippen molar-refractivity contribution in [3.8, 4) is 0 Å². The van der Waals surface area contributed by atoms with Gasteiger partial charge in [0, 0.05) is 32.4 Å². The topological polar surface area (TPSA) is 84.2 Å². The number of amides is 3. The molecule has 126 valence electrons. The van der Waals surface area contributed by atoms with Crippen LogP contribution < -0.4 is 16.4 Å². The number of fused-ring (bicyclic) bond motifs is 1. The van der Waals surface area contributed by atoms with Crippen molar-refractivity contribution >= 4 is 62.4 Å². The number of primary amides is 1. The van der Waals surface area contributed by atoms with Crippen molar-refractivity contribution in [2.45, 2.75) is 0 Å². The molecule has 3 rings (SSSR count). The van der Waals surface area contributed by atoms with Crippen LogP contribution in [0.3, 0.4) is 0 Å². The fourth-order valence-electron chi connectivity index (χ4n) is 2.29. The second kappa shape index (κ2) is 7.38. The highest BCUT2D eigenvalue weighted by Crippen LogP contribution is 2.35. The van der Waals surface area contributed by atoms with Crippen molar-refractivity contribution in [3.05, 3.63) is 64.5 Å². The van der Waals surface area contributed by atoms with E-state index < -0.39 is 6.03 Å². The molecule has 0 aliphatic carbocycles. The zero-order valence-corrected chi connectivity index (χ0v) is 14.5. The highest BCUT2D eigenvalue weighted by atomic mass is 35.5. The number of benzene rings is 2.